The molecular weight excluding hydrogens is 925 g/mol. The van der Waals surface area contributed by atoms with Gasteiger partial charge in [-0.05, 0) is 109 Å². The molecule has 0 amide bonds. The van der Waals surface area contributed by atoms with Crippen LogP contribution in [0.25, 0.3) is 0 Å². The number of hydrogen-bond acceptors (Lipinski definition) is 6. The van der Waals surface area contributed by atoms with E-state index in [-0.39, 0.29) is 31.6 Å². The fourth-order valence-electron chi connectivity index (χ4n) is 8.58. The highest BCUT2D eigenvalue weighted by Crippen LogP contribution is 2.15. The van der Waals surface area contributed by atoms with Gasteiger partial charge in [0.25, 0.3) is 0 Å². The van der Waals surface area contributed by atoms with Gasteiger partial charge in [0, 0.05) is 12.8 Å². The molecule has 0 saturated heterocycles. The van der Waals surface area contributed by atoms with Crippen molar-refractivity contribution < 1.29 is 28.6 Å². The summed E-state index contributed by atoms with van der Waals surface area (Å²) >= 11 is 0. The minimum atomic E-state index is -0.828. The first-order chi connectivity index (χ1) is 37.0. The van der Waals surface area contributed by atoms with Crippen molar-refractivity contribution in [2.24, 2.45) is 0 Å². The van der Waals surface area contributed by atoms with Gasteiger partial charge >= 0.3 is 17.9 Å². The summed E-state index contributed by atoms with van der Waals surface area (Å²) in [5, 5.41) is 0. The van der Waals surface area contributed by atoms with Gasteiger partial charge in [0.05, 0.1) is 6.42 Å². The minimum Gasteiger partial charge on any atom is -0.462 e. The summed E-state index contributed by atoms with van der Waals surface area (Å²) in [5.41, 5.74) is 0. The smallest absolute Gasteiger partial charge is 0.309 e. The SMILES string of the molecule is CC/C=C\C/C=C\C/C=C\C/C=C\C/C=C\CC(=O)OCC(COC(=O)CCCCCCCC/C=C\C/C=C\C/C=C\CCCCCCC)OC(=O)CCCCCCCCCCC/C=C\CCCCCCCCCC. The van der Waals surface area contributed by atoms with Crippen LogP contribution in [-0.2, 0) is 28.6 Å². The Morgan fingerprint density at radius 2 is 0.573 bits per heavy atom. The standard InChI is InChI=1S/C69H116O6/c1-4-7-10-13-16-19-22-25-28-30-32-34-36-38-41-44-47-50-53-56-59-62-68(71)74-65-66(64-73-67(70)61-58-55-52-49-46-43-40-27-24-21-18-15-12-9-6-3)75-69(72)63-60-57-54-51-48-45-42-39-37-35-33-31-29-26-23-20-17-14-11-8-5-2/h9,12,18,21-22,25,27,30-33,36,38,40,46,49,55,58,66H,4-8,10-11,13-17,19-20,23-24,26,28-29,34-35,37,39,41-45,47-48,50-54,56-57,59-65H2,1-3H3/b12-9-,21-18-,25-22-,32-30-,33-31-,38-36-,40-27-,49-46-,58-55-. The number of carbonyl (C=O) groups is 3. The second-order valence-electron chi connectivity index (χ2n) is 20.6. The van der Waals surface area contributed by atoms with Crippen LogP contribution in [0.1, 0.15) is 290 Å². The molecule has 0 aromatic carbocycles. The lowest BCUT2D eigenvalue weighted by molar-refractivity contribution is -0.166. The number of rotatable bonds is 56. The molecule has 6 heteroatoms. The molecule has 0 fully saturated rings. The highest BCUT2D eigenvalue weighted by molar-refractivity contribution is 5.72. The van der Waals surface area contributed by atoms with Crippen LogP contribution in [-0.4, -0.2) is 37.2 Å². The molecule has 0 heterocycles. The van der Waals surface area contributed by atoms with E-state index in [1.807, 2.05) is 6.08 Å². The zero-order chi connectivity index (χ0) is 54.3. The van der Waals surface area contributed by atoms with Crippen molar-refractivity contribution in [1.29, 1.82) is 0 Å². The molecule has 75 heavy (non-hydrogen) atoms. The molecular formula is C69H116O6. The second-order valence-corrected chi connectivity index (χ2v) is 20.6. The summed E-state index contributed by atoms with van der Waals surface area (Å²) in [6.45, 7) is 6.43. The van der Waals surface area contributed by atoms with Crippen molar-refractivity contribution in [3.8, 4) is 0 Å². The van der Waals surface area contributed by atoms with E-state index in [4.69, 9.17) is 14.2 Å². The molecule has 0 saturated carbocycles. The maximum atomic E-state index is 12.9. The first-order valence-electron chi connectivity index (χ1n) is 31.4. The maximum Gasteiger partial charge on any atom is 0.309 e. The van der Waals surface area contributed by atoms with E-state index in [2.05, 4.69) is 118 Å². The summed E-state index contributed by atoms with van der Waals surface area (Å²) in [4.78, 5) is 38.2. The molecule has 0 bridgehead atoms. The molecule has 0 aliphatic carbocycles. The number of carbonyl (C=O) groups excluding carboxylic acids is 3. The van der Waals surface area contributed by atoms with Crippen LogP contribution in [0, 0.1) is 0 Å². The van der Waals surface area contributed by atoms with Crippen molar-refractivity contribution in [3.05, 3.63) is 109 Å². The van der Waals surface area contributed by atoms with Crippen molar-refractivity contribution in [1.82, 2.24) is 0 Å². The number of esters is 3. The van der Waals surface area contributed by atoms with E-state index in [9.17, 15) is 14.4 Å². The molecule has 0 aliphatic rings. The Hall–Kier alpha value is -3.93. The Morgan fingerprint density at radius 3 is 0.947 bits per heavy atom. The molecule has 0 radical (unpaired) electrons. The number of unbranched alkanes of at least 4 members (excludes halogenated alkanes) is 28. The lowest BCUT2D eigenvalue weighted by Gasteiger charge is -2.18. The molecule has 1 atom stereocenters. The normalized spacial score (nSPS) is 12.8. The van der Waals surface area contributed by atoms with Crippen molar-refractivity contribution in [2.75, 3.05) is 13.2 Å². The number of hydrogen-bond donors (Lipinski definition) is 0. The van der Waals surface area contributed by atoms with Gasteiger partial charge in [0.15, 0.2) is 6.10 Å². The highest BCUT2D eigenvalue weighted by Gasteiger charge is 2.19. The minimum absolute atomic E-state index is 0.116. The topological polar surface area (TPSA) is 78.9 Å². The Kier molecular flexibility index (Phi) is 59.3. The average molecular weight is 1040 g/mol. The molecule has 0 aromatic rings. The predicted octanol–water partition coefficient (Wildman–Crippen LogP) is 21.4. The fourth-order valence-corrected chi connectivity index (χ4v) is 8.58. The van der Waals surface area contributed by atoms with Gasteiger partial charge in [-0.15, -0.1) is 0 Å². The first-order valence-corrected chi connectivity index (χ1v) is 31.4. The van der Waals surface area contributed by atoms with Gasteiger partial charge in [-0.25, -0.2) is 0 Å². The van der Waals surface area contributed by atoms with Gasteiger partial charge in [-0.2, -0.15) is 0 Å². The highest BCUT2D eigenvalue weighted by atomic mass is 16.6. The van der Waals surface area contributed by atoms with Crippen LogP contribution in [0.5, 0.6) is 0 Å². The van der Waals surface area contributed by atoms with Crippen LogP contribution in [0.4, 0.5) is 0 Å². The van der Waals surface area contributed by atoms with Crippen molar-refractivity contribution in [3.63, 3.8) is 0 Å². The summed E-state index contributed by atoms with van der Waals surface area (Å²) in [6.07, 6.45) is 85.4. The Morgan fingerprint density at radius 1 is 0.293 bits per heavy atom. The molecule has 0 rings (SSSR count). The largest absolute Gasteiger partial charge is 0.462 e. The quantitative estimate of drug-likeness (QED) is 0.0261. The van der Waals surface area contributed by atoms with Crippen LogP contribution >= 0.6 is 0 Å². The molecule has 428 valence electrons. The number of ether oxygens (including phenoxy) is 3. The maximum absolute atomic E-state index is 12.9. The zero-order valence-electron chi connectivity index (χ0n) is 49.0. The van der Waals surface area contributed by atoms with Gasteiger partial charge in [-0.3, -0.25) is 14.4 Å². The summed E-state index contributed by atoms with van der Waals surface area (Å²) < 4.78 is 16.8. The van der Waals surface area contributed by atoms with Gasteiger partial charge in [0.2, 0.25) is 0 Å². The van der Waals surface area contributed by atoms with E-state index >= 15 is 0 Å². The molecule has 0 aromatic heterocycles. The Labute approximate surface area is 463 Å². The van der Waals surface area contributed by atoms with Gasteiger partial charge in [-0.1, -0.05) is 271 Å². The second kappa shape index (κ2) is 62.6. The molecule has 0 aliphatic heterocycles. The van der Waals surface area contributed by atoms with Crippen molar-refractivity contribution in [2.45, 2.75) is 297 Å². The average Bonchev–Trinajstić information content (AvgIpc) is 3.41. The van der Waals surface area contributed by atoms with E-state index in [1.165, 1.54) is 154 Å². The van der Waals surface area contributed by atoms with E-state index in [1.54, 1.807) is 6.08 Å². The molecule has 0 N–H and O–H groups in total. The van der Waals surface area contributed by atoms with Gasteiger partial charge in [0.1, 0.15) is 13.2 Å². The van der Waals surface area contributed by atoms with Crippen molar-refractivity contribution >= 4 is 17.9 Å². The third-order valence-electron chi connectivity index (χ3n) is 13.3. The monoisotopic (exact) mass is 1040 g/mol. The fraction of sp³-hybridized carbons (Fsp3) is 0.696. The summed E-state index contributed by atoms with van der Waals surface area (Å²) in [7, 11) is 0. The third kappa shape index (κ3) is 60.8. The van der Waals surface area contributed by atoms with E-state index < -0.39 is 12.1 Å². The first kappa shape index (κ1) is 71.1. The Bertz CT molecular complexity index is 1520. The van der Waals surface area contributed by atoms with E-state index in [0.717, 1.165) is 96.3 Å². The van der Waals surface area contributed by atoms with Gasteiger partial charge < -0.3 is 14.2 Å². The predicted molar refractivity (Wildman–Crippen MR) is 325 cm³/mol. The Balaban J connectivity index is 4.47. The van der Waals surface area contributed by atoms with Crippen LogP contribution in [0.2, 0.25) is 0 Å². The molecule has 0 spiro atoms. The molecule has 1 unspecified atom stereocenters. The lowest BCUT2D eigenvalue weighted by Crippen LogP contribution is -2.30. The zero-order valence-corrected chi connectivity index (χ0v) is 49.0. The lowest BCUT2D eigenvalue weighted by atomic mass is 10.1. The number of allylic oxidation sites excluding steroid dienone is 17. The summed E-state index contributed by atoms with van der Waals surface area (Å²) in [5.74, 6) is -1.06. The summed E-state index contributed by atoms with van der Waals surface area (Å²) in [6, 6.07) is 0. The van der Waals surface area contributed by atoms with E-state index in [0.29, 0.717) is 12.8 Å². The van der Waals surface area contributed by atoms with Crippen LogP contribution < -0.4 is 0 Å². The third-order valence-corrected chi connectivity index (χ3v) is 13.3. The molecule has 6 nitrogen and oxygen atoms in total. The van der Waals surface area contributed by atoms with Crippen LogP contribution in [0.15, 0.2) is 109 Å². The van der Waals surface area contributed by atoms with Crippen LogP contribution in [0.3, 0.4) is 0 Å².